The molecule has 0 aliphatic carbocycles. The Balaban J connectivity index is 1.47. The normalized spacial score (nSPS) is 14.7. The van der Waals surface area contributed by atoms with Crippen molar-refractivity contribution in [1.29, 1.82) is 0 Å². The van der Waals surface area contributed by atoms with Gasteiger partial charge in [-0.25, -0.2) is 0 Å². The van der Waals surface area contributed by atoms with E-state index in [2.05, 4.69) is 67.4 Å². The molecule has 5 nitrogen and oxygen atoms in total. The van der Waals surface area contributed by atoms with Gasteiger partial charge in [-0.05, 0) is 47.4 Å². The minimum absolute atomic E-state index is 0.137. The molecule has 5 heteroatoms. The topological polar surface area (TPSA) is 44.8 Å². The van der Waals surface area contributed by atoms with Gasteiger partial charge in [0.15, 0.2) is 0 Å². The predicted octanol–water partition coefficient (Wildman–Crippen LogP) is 3.75. The number of piperazine rings is 1. The molecule has 150 valence electrons. The van der Waals surface area contributed by atoms with Gasteiger partial charge in [-0.2, -0.15) is 0 Å². The minimum atomic E-state index is 0.137. The first kappa shape index (κ1) is 20.1. The second-order valence-corrected chi connectivity index (χ2v) is 8.25. The van der Waals surface area contributed by atoms with Crippen LogP contribution in [0.5, 0.6) is 5.75 Å². The number of methoxy groups -OCH3 is 1. The van der Waals surface area contributed by atoms with Crippen LogP contribution in [0.25, 0.3) is 0 Å². The van der Waals surface area contributed by atoms with Crippen molar-refractivity contribution in [3.05, 3.63) is 54.1 Å². The molecule has 0 aromatic heterocycles. The lowest BCUT2D eigenvalue weighted by Gasteiger charge is -2.36. The van der Waals surface area contributed by atoms with E-state index >= 15 is 0 Å². The molecular weight excluding hydrogens is 350 g/mol. The van der Waals surface area contributed by atoms with Crippen molar-refractivity contribution in [3.63, 3.8) is 0 Å². The summed E-state index contributed by atoms with van der Waals surface area (Å²) in [4.78, 5) is 16.8. The number of anilines is 2. The molecule has 1 N–H and O–H groups in total. The molecule has 1 aliphatic rings. The monoisotopic (exact) mass is 381 g/mol. The molecule has 1 fully saturated rings. The highest BCUT2D eigenvalue weighted by Crippen LogP contribution is 2.23. The van der Waals surface area contributed by atoms with Gasteiger partial charge in [0.25, 0.3) is 0 Å². The van der Waals surface area contributed by atoms with E-state index in [0.717, 1.165) is 37.6 Å². The van der Waals surface area contributed by atoms with Gasteiger partial charge in [0.1, 0.15) is 5.75 Å². The van der Waals surface area contributed by atoms with Crippen molar-refractivity contribution in [2.24, 2.45) is 0 Å². The second-order valence-electron chi connectivity index (χ2n) is 8.25. The largest absolute Gasteiger partial charge is 0.497 e. The van der Waals surface area contributed by atoms with Crippen molar-refractivity contribution in [1.82, 2.24) is 4.90 Å². The molecule has 1 amide bonds. The first-order chi connectivity index (χ1) is 13.4. The zero-order valence-corrected chi connectivity index (χ0v) is 17.4. The Kier molecular flexibility index (Phi) is 6.12. The molecule has 0 spiro atoms. The van der Waals surface area contributed by atoms with Crippen molar-refractivity contribution < 1.29 is 9.53 Å². The summed E-state index contributed by atoms with van der Waals surface area (Å²) in [5, 5.41) is 3.26. The standard InChI is InChI=1S/C23H31N3O2/c1-23(2,3)18-5-7-19(8-6-18)24-17-22(27)26-15-13-25(14-16-26)20-9-11-21(28-4)12-10-20/h5-12,24H,13-17H2,1-4H3. The lowest BCUT2D eigenvalue weighted by atomic mass is 9.87. The summed E-state index contributed by atoms with van der Waals surface area (Å²) in [6.45, 7) is 10.1. The van der Waals surface area contributed by atoms with Gasteiger partial charge in [0.05, 0.1) is 13.7 Å². The maximum atomic E-state index is 12.6. The van der Waals surface area contributed by atoms with Crippen LogP contribution in [0.3, 0.4) is 0 Å². The van der Waals surface area contributed by atoms with Gasteiger partial charge >= 0.3 is 0 Å². The van der Waals surface area contributed by atoms with E-state index in [1.165, 1.54) is 11.3 Å². The zero-order chi connectivity index (χ0) is 20.1. The number of carbonyl (C=O) groups excluding carboxylic acids is 1. The summed E-state index contributed by atoms with van der Waals surface area (Å²) in [6, 6.07) is 16.4. The number of ether oxygens (including phenoxy) is 1. The van der Waals surface area contributed by atoms with Gasteiger partial charge in [-0.3, -0.25) is 4.79 Å². The minimum Gasteiger partial charge on any atom is -0.497 e. The fraction of sp³-hybridized carbons (Fsp3) is 0.435. The maximum absolute atomic E-state index is 12.6. The van der Waals surface area contributed by atoms with Crippen LogP contribution in [-0.2, 0) is 10.2 Å². The van der Waals surface area contributed by atoms with Crippen molar-refractivity contribution in [2.75, 3.05) is 50.1 Å². The number of benzene rings is 2. The molecule has 1 saturated heterocycles. The zero-order valence-electron chi connectivity index (χ0n) is 17.4. The Hall–Kier alpha value is -2.69. The molecule has 0 atom stereocenters. The fourth-order valence-corrected chi connectivity index (χ4v) is 3.38. The highest BCUT2D eigenvalue weighted by atomic mass is 16.5. The molecule has 1 heterocycles. The molecule has 3 rings (SSSR count). The Morgan fingerprint density at radius 1 is 0.964 bits per heavy atom. The number of rotatable bonds is 5. The third-order valence-corrected chi connectivity index (χ3v) is 5.26. The summed E-state index contributed by atoms with van der Waals surface area (Å²) in [5.74, 6) is 1.01. The van der Waals surface area contributed by atoms with Crippen LogP contribution in [0.1, 0.15) is 26.3 Å². The van der Waals surface area contributed by atoms with Crippen molar-refractivity contribution >= 4 is 17.3 Å². The van der Waals surface area contributed by atoms with Crippen molar-refractivity contribution in [2.45, 2.75) is 26.2 Å². The van der Waals surface area contributed by atoms with E-state index in [9.17, 15) is 4.79 Å². The molecule has 0 radical (unpaired) electrons. The Labute approximate surface area is 168 Å². The number of hydrogen-bond acceptors (Lipinski definition) is 4. The maximum Gasteiger partial charge on any atom is 0.241 e. The van der Waals surface area contributed by atoms with E-state index in [0.29, 0.717) is 6.54 Å². The van der Waals surface area contributed by atoms with E-state index in [4.69, 9.17) is 4.74 Å². The molecule has 2 aromatic carbocycles. The highest BCUT2D eigenvalue weighted by Gasteiger charge is 2.21. The molecule has 1 aliphatic heterocycles. The van der Waals surface area contributed by atoms with Gasteiger partial charge < -0.3 is 19.9 Å². The van der Waals surface area contributed by atoms with Gasteiger partial charge in [-0.1, -0.05) is 32.9 Å². The number of nitrogens with zero attached hydrogens (tertiary/aromatic N) is 2. The molecular formula is C23H31N3O2. The van der Waals surface area contributed by atoms with E-state index in [1.54, 1.807) is 7.11 Å². The summed E-state index contributed by atoms with van der Waals surface area (Å²) >= 11 is 0. The predicted molar refractivity (Wildman–Crippen MR) is 115 cm³/mol. The molecule has 0 unspecified atom stereocenters. The van der Waals surface area contributed by atoms with Crippen LogP contribution < -0.4 is 15.0 Å². The quantitative estimate of drug-likeness (QED) is 0.857. The molecule has 28 heavy (non-hydrogen) atoms. The average Bonchev–Trinajstić information content (AvgIpc) is 2.72. The number of nitrogens with one attached hydrogen (secondary N) is 1. The number of hydrogen-bond donors (Lipinski definition) is 1. The third-order valence-electron chi connectivity index (χ3n) is 5.26. The SMILES string of the molecule is COc1ccc(N2CCN(C(=O)CNc3ccc(C(C)(C)C)cc3)CC2)cc1. The molecule has 0 saturated carbocycles. The molecule has 2 aromatic rings. The average molecular weight is 382 g/mol. The Bertz CT molecular complexity index is 771. The second kappa shape index (κ2) is 8.55. The van der Waals surface area contributed by atoms with E-state index in [1.807, 2.05) is 17.0 Å². The lowest BCUT2D eigenvalue weighted by Crippen LogP contribution is -2.50. The summed E-state index contributed by atoms with van der Waals surface area (Å²) in [6.07, 6.45) is 0. The summed E-state index contributed by atoms with van der Waals surface area (Å²) in [5.41, 5.74) is 3.58. The van der Waals surface area contributed by atoms with Crippen molar-refractivity contribution in [3.8, 4) is 5.75 Å². The highest BCUT2D eigenvalue weighted by molar-refractivity contribution is 5.81. The van der Waals surface area contributed by atoms with Crippen LogP contribution in [0, 0.1) is 0 Å². The van der Waals surface area contributed by atoms with Gasteiger partial charge in [-0.15, -0.1) is 0 Å². The van der Waals surface area contributed by atoms with Crippen LogP contribution in [0.4, 0.5) is 11.4 Å². The summed E-state index contributed by atoms with van der Waals surface area (Å²) < 4.78 is 5.21. The van der Waals surface area contributed by atoms with Crippen LogP contribution in [-0.4, -0.2) is 50.6 Å². The fourth-order valence-electron chi connectivity index (χ4n) is 3.38. The van der Waals surface area contributed by atoms with Gasteiger partial charge in [0.2, 0.25) is 5.91 Å². The molecule has 0 bridgehead atoms. The Morgan fingerprint density at radius 3 is 2.11 bits per heavy atom. The third kappa shape index (κ3) is 4.97. The van der Waals surface area contributed by atoms with Crippen LogP contribution >= 0.6 is 0 Å². The Morgan fingerprint density at radius 2 is 1.57 bits per heavy atom. The van der Waals surface area contributed by atoms with Gasteiger partial charge in [0, 0.05) is 37.6 Å². The smallest absolute Gasteiger partial charge is 0.241 e. The summed E-state index contributed by atoms with van der Waals surface area (Å²) in [7, 11) is 1.67. The van der Waals surface area contributed by atoms with Crippen LogP contribution in [0.2, 0.25) is 0 Å². The van der Waals surface area contributed by atoms with E-state index in [-0.39, 0.29) is 11.3 Å². The van der Waals surface area contributed by atoms with Crippen LogP contribution in [0.15, 0.2) is 48.5 Å². The number of amides is 1. The first-order valence-corrected chi connectivity index (χ1v) is 9.88. The van der Waals surface area contributed by atoms with E-state index < -0.39 is 0 Å². The first-order valence-electron chi connectivity index (χ1n) is 9.88. The number of carbonyl (C=O) groups is 1. The lowest BCUT2D eigenvalue weighted by molar-refractivity contribution is -0.129.